The molecule has 0 aliphatic rings. The summed E-state index contributed by atoms with van der Waals surface area (Å²) in [4.78, 5) is 14.1. The van der Waals surface area contributed by atoms with Crippen molar-refractivity contribution in [2.75, 3.05) is 7.11 Å². The number of carbonyl (C=O) groups is 1. The number of rotatable bonds is 3. The van der Waals surface area contributed by atoms with Gasteiger partial charge in [0.2, 0.25) is 5.95 Å². The maximum atomic E-state index is 12.8. The van der Waals surface area contributed by atoms with Gasteiger partial charge in [0.05, 0.1) is 13.5 Å². The average molecular weight is 345 g/mol. The molecule has 0 aromatic carbocycles. The first-order chi connectivity index (χ1) is 7.45. The van der Waals surface area contributed by atoms with Gasteiger partial charge in [0.25, 0.3) is 6.43 Å². The fourth-order valence-corrected chi connectivity index (χ4v) is 1.82. The number of esters is 1. The lowest BCUT2D eigenvalue weighted by molar-refractivity contribution is -0.139. The number of ether oxygens (including phenoxy) is 1. The molecule has 0 N–H and O–H groups in total. The zero-order valence-electron chi connectivity index (χ0n) is 8.14. The molecule has 0 bridgehead atoms. The van der Waals surface area contributed by atoms with E-state index >= 15 is 0 Å². The molecule has 0 spiro atoms. The van der Waals surface area contributed by atoms with E-state index in [9.17, 15) is 18.0 Å². The monoisotopic (exact) mass is 345 g/mol. The molecule has 0 radical (unpaired) electrons. The van der Waals surface area contributed by atoms with Crippen LogP contribution in [0.15, 0.2) is 6.07 Å². The molecule has 0 unspecified atom stereocenters. The van der Waals surface area contributed by atoms with Gasteiger partial charge >= 0.3 is 5.97 Å². The van der Waals surface area contributed by atoms with Crippen LogP contribution < -0.4 is 0 Å². The number of halogens is 4. The number of methoxy groups -OCH3 is 1. The molecule has 0 aliphatic heterocycles. The van der Waals surface area contributed by atoms with Crippen molar-refractivity contribution >= 4 is 28.6 Å². The number of hydrogen-bond acceptors (Lipinski definition) is 3. The highest BCUT2D eigenvalue weighted by molar-refractivity contribution is 14.1. The van der Waals surface area contributed by atoms with Gasteiger partial charge in [-0.3, -0.25) is 4.79 Å². The minimum absolute atomic E-state index is 0.00356. The molecule has 0 aliphatic carbocycles. The van der Waals surface area contributed by atoms with E-state index in [-0.39, 0.29) is 15.6 Å². The largest absolute Gasteiger partial charge is 0.469 e. The number of nitrogens with zero attached hydrogens (tertiary/aromatic N) is 1. The SMILES string of the molecule is COC(=O)Cc1c(I)cc(F)nc1C(F)F. The summed E-state index contributed by atoms with van der Waals surface area (Å²) in [6.07, 6.45) is -3.27. The maximum Gasteiger partial charge on any atom is 0.310 e. The van der Waals surface area contributed by atoms with Crippen molar-refractivity contribution in [3.63, 3.8) is 0 Å². The highest BCUT2D eigenvalue weighted by atomic mass is 127. The molecule has 0 atom stereocenters. The van der Waals surface area contributed by atoms with Crippen molar-refractivity contribution in [1.82, 2.24) is 4.98 Å². The first-order valence-corrected chi connectivity index (χ1v) is 5.23. The third-order valence-corrected chi connectivity index (χ3v) is 2.79. The van der Waals surface area contributed by atoms with E-state index in [1.54, 1.807) is 22.6 Å². The summed E-state index contributed by atoms with van der Waals surface area (Å²) in [7, 11) is 1.15. The Labute approximate surface area is 103 Å². The van der Waals surface area contributed by atoms with E-state index in [1.165, 1.54) is 0 Å². The smallest absolute Gasteiger partial charge is 0.310 e. The van der Waals surface area contributed by atoms with E-state index in [4.69, 9.17) is 0 Å². The number of alkyl halides is 2. The highest BCUT2D eigenvalue weighted by Crippen LogP contribution is 2.26. The van der Waals surface area contributed by atoms with Crippen LogP contribution in [0.2, 0.25) is 0 Å². The standard InChI is InChI=1S/C9H7F3INO2/c1-16-7(15)2-4-5(13)3-6(10)14-8(4)9(11)12/h3,9H,2H2,1H3. The van der Waals surface area contributed by atoms with Gasteiger partial charge in [0.15, 0.2) is 0 Å². The molecule has 1 rings (SSSR count). The van der Waals surface area contributed by atoms with Gasteiger partial charge in [-0.15, -0.1) is 0 Å². The van der Waals surface area contributed by atoms with Gasteiger partial charge in [-0.2, -0.15) is 4.39 Å². The van der Waals surface area contributed by atoms with Crippen molar-refractivity contribution in [1.29, 1.82) is 0 Å². The molecule has 88 valence electrons. The lowest BCUT2D eigenvalue weighted by Gasteiger charge is -2.09. The number of aromatic nitrogens is 1. The summed E-state index contributed by atoms with van der Waals surface area (Å²) in [5, 5.41) is 0. The Kier molecular flexibility index (Phi) is 4.51. The highest BCUT2D eigenvalue weighted by Gasteiger charge is 2.21. The van der Waals surface area contributed by atoms with Crippen LogP contribution in [0.4, 0.5) is 13.2 Å². The molecular formula is C9H7F3INO2. The topological polar surface area (TPSA) is 39.2 Å². The van der Waals surface area contributed by atoms with E-state index in [0.717, 1.165) is 13.2 Å². The predicted molar refractivity (Wildman–Crippen MR) is 57.6 cm³/mol. The Morgan fingerprint density at radius 3 is 2.75 bits per heavy atom. The number of hydrogen-bond donors (Lipinski definition) is 0. The van der Waals surface area contributed by atoms with Gasteiger partial charge in [-0.25, -0.2) is 13.8 Å². The predicted octanol–water partition coefficient (Wildman–Crippen LogP) is 2.48. The average Bonchev–Trinajstić information content (AvgIpc) is 2.20. The summed E-state index contributed by atoms with van der Waals surface area (Å²) >= 11 is 1.67. The molecule has 7 heteroatoms. The molecule has 0 fully saturated rings. The number of pyridine rings is 1. The normalized spacial score (nSPS) is 10.6. The quantitative estimate of drug-likeness (QED) is 0.480. The van der Waals surface area contributed by atoms with Crippen molar-refractivity contribution in [2.24, 2.45) is 0 Å². The van der Waals surface area contributed by atoms with Crippen molar-refractivity contribution in [3.05, 3.63) is 26.8 Å². The second-order valence-electron chi connectivity index (χ2n) is 2.84. The second kappa shape index (κ2) is 5.46. The minimum Gasteiger partial charge on any atom is -0.469 e. The molecule has 1 aromatic heterocycles. The first kappa shape index (κ1) is 13.2. The van der Waals surface area contributed by atoms with Crippen LogP contribution in [0, 0.1) is 9.52 Å². The Morgan fingerprint density at radius 1 is 1.62 bits per heavy atom. The Balaban J connectivity index is 3.19. The molecule has 16 heavy (non-hydrogen) atoms. The Hall–Kier alpha value is -0.860. The van der Waals surface area contributed by atoms with Crippen LogP contribution in [0.25, 0.3) is 0 Å². The van der Waals surface area contributed by atoms with Crippen LogP contribution in [-0.2, 0) is 16.0 Å². The minimum atomic E-state index is -2.93. The fourth-order valence-electron chi connectivity index (χ4n) is 1.10. The summed E-state index contributed by atoms with van der Waals surface area (Å²) in [5.41, 5.74) is -0.710. The van der Waals surface area contributed by atoms with Crippen LogP contribution in [0.1, 0.15) is 17.7 Å². The van der Waals surface area contributed by atoms with E-state index in [0.29, 0.717) is 0 Å². The van der Waals surface area contributed by atoms with E-state index in [1.807, 2.05) is 0 Å². The van der Waals surface area contributed by atoms with Gasteiger partial charge < -0.3 is 4.74 Å². The van der Waals surface area contributed by atoms with Crippen LogP contribution in [-0.4, -0.2) is 18.1 Å². The zero-order chi connectivity index (χ0) is 12.3. The molecular weight excluding hydrogens is 338 g/mol. The maximum absolute atomic E-state index is 12.8. The van der Waals surface area contributed by atoms with Gasteiger partial charge in [0, 0.05) is 15.2 Å². The molecule has 0 saturated carbocycles. The fraction of sp³-hybridized carbons (Fsp3) is 0.333. The Morgan fingerprint density at radius 2 is 2.25 bits per heavy atom. The van der Waals surface area contributed by atoms with Gasteiger partial charge in [0.1, 0.15) is 5.69 Å². The molecule has 1 heterocycles. The summed E-state index contributed by atoms with van der Waals surface area (Å²) in [5.74, 6) is -1.67. The Bertz CT molecular complexity index is 412. The lowest BCUT2D eigenvalue weighted by atomic mass is 10.1. The third kappa shape index (κ3) is 3.06. The zero-order valence-corrected chi connectivity index (χ0v) is 10.3. The first-order valence-electron chi connectivity index (χ1n) is 4.15. The van der Waals surface area contributed by atoms with Crippen molar-refractivity contribution in [3.8, 4) is 0 Å². The molecule has 0 amide bonds. The number of carbonyl (C=O) groups excluding carboxylic acids is 1. The molecule has 0 saturated heterocycles. The molecule has 1 aromatic rings. The van der Waals surface area contributed by atoms with Crippen molar-refractivity contribution < 1.29 is 22.7 Å². The van der Waals surface area contributed by atoms with E-state index in [2.05, 4.69) is 9.72 Å². The summed E-state index contributed by atoms with van der Waals surface area (Å²) in [6, 6.07) is 0.991. The van der Waals surface area contributed by atoms with Crippen LogP contribution >= 0.6 is 22.6 Å². The van der Waals surface area contributed by atoms with Gasteiger partial charge in [-0.05, 0) is 22.6 Å². The van der Waals surface area contributed by atoms with Crippen LogP contribution in [0.3, 0.4) is 0 Å². The molecule has 3 nitrogen and oxygen atoms in total. The van der Waals surface area contributed by atoms with Crippen LogP contribution in [0.5, 0.6) is 0 Å². The lowest BCUT2D eigenvalue weighted by Crippen LogP contribution is -2.11. The van der Waals surface area contributed by atoms with Crippen molar-refractivity contribution in [2.45, 2.75) is 12.8 Å². The summed E-state index contributed by atoms with van der Waals surface area (Å²) in [6.45, 7) is 0. The summed E-state index contributed by atoms with van der Waals surface area (Å²) < 4.78 is 42.5. The third-order valence-electron chi connectivity index (χ3n) is 1.83. The van der Waals surface area contributed by atoms with Gasteiger partial charge in [-0.1, -0.05) is 0 Å². The second-order valence-corrected chi connectivity index (χ2v) is 4.01. The van der Waals surface area contributed by atoms with E-state index < -0.39 is 24.0 Å².